The summed E-state index contributed by atoms with van der Waals surface area (Å²) >= 11 is 0. The Morgan fingerprint density at radius 1 is 1.33 bits per heavy atom. The van der Waals surface area contributed by atoms with Gasteiger partial charge in [-0.1, -0.05) is 0 Å². The van der Waals surface area contributed by atoms with Crippen molar-refractivity contribution >= 4 is 11.5 Å². The average Bonchev–Trinajstić information content (AvgIpc) is 1.96. The van der Waals surface area contributed by atoms with Gasteiger partial charge in [0.15, 0.2) is 5.78 Å². The summed E-state index contributed by atoms with van der Waals surface area (Å²) in [5, 5.41) is 0. The number of anilines is 1. The molecule has 64 valence electrons. The number of carbonyl (C=O) groups is 1. The van der Waals surface area contributed by atoms with Gasteiger partial charge in [0.1, 0.15) is 11.6 Å². The van der Waals surface area contributed by atoms with Crippen molar-refractivity contribution in [3.8, 4) is 0 Å². The van der Waals surface area contributed by atoms with E-state index >= 15 is 0 Å². The molecule has 0 bridgehead atoms. The predicted octanol–water partition coefficient (Wildman–Crippen LogP) is 1.75. The molecule has 0 amide bonds. The largest absolute Gasteiger partial charge is 0.396 e. The van der Waals surface area contributed by atoms with Crippen molar-refractivity contribution in [1.82, 2.24) is 0 Å². The molecule has 0 saturated carbocycles. The first-order valence-electron chi connectivity index (χ1n) is 3.28. The van der Waals surface area contributed by atoms with Gasteiger partial charge in [-0.25, -0.2) is 8.78 Å². The van der Waals surface area contributed by atoms with Gasteiger partial charge in [-0.05, 0) is 13.0 Å². The average molecular weight is 171 g/mol. The third-order valence-electron chi connectivity index (χ3n) is 1.47. The Morgan fingerprint density at radius 3 is 2.42 bits per heavy atom. The Labute approximate surface area is 68.0 Å². The fourth-order valence-electron chi connectivity index (χ4n) is 0.832. The van der Waals surface area contributed by atoms with E-state index in [1.54, 1.807) is 0 Å². The SMILES string of the molecule is CC(=O)c1cc(F)c(N)cc1F. The molecule has 0 heterocycles. The van der Waals surface area contributed by atoms with Crippen LogP contribution in [0.4, 0.5) is 14.5 Å². The number of halogens is 2. The number of ketones is 1. The Balaban J connectivity index is 3.33. The van der Waals surface area contributed by atoms with E-state index in [0.717, 1.165) is 19.1 Å². The molecule has 1 aromatic carbocycles. The highest BCUT2D eigenvalue weighted by atomic mass is 19.1. The molecule has 12 heavy (non-hydrogen) atoms. The van der Waals surface area contributed by atoms with Crippen molar-refractivity contribution in [1.29, 1.82) is 0 Å². The highest BCUT2D eigenvalue weighted by molar-refractivity contribution is 5.94. The molecule has 0 aliphatic carbocycles. The number of rotatable bonds is 1. The van der Waals surface area contributed by atoms with Crippen molar-refractivity contribution in [2.24, 2.45) is 0 Å². The van der Waals surface area contributed by atoms with Crippen LogP contribution in [0.1, 0.15) is 17.3 Å². The second-order valence-electron chi connectivity index (χ2n) is 2.41. The normalized spacial score (nSPS) is 9.92. The van der Waals surface area contributed by atoms with Crippen molar-refractivity contribution in [3.05, 3.63) is 29.3 Å². The topological polar surface area (TPSA) is 43.1 Å². The van der Waals surface area contributed by atoms with E-state index in [1.807, 2.05) is 0 Å². The predicted molar refractivity (Wildman–Crippen MR) is 40.8 cm³/mol. The number of hydrogen-bond acceptors (Lipinski definition) is 2. The van der Waals surface area contributed by atoms with Crippen LogP contribution in [-0.2, 0) is 0 Å². The van der Waals surface area contributed by atoms with E-state index in [4.69, 9.17) is 5.73 Å². The first kappa shape index (κ1) is 8.64. The molecular weight excluding hydrogens is 164 g/mol. The van der Waals surface area contributed by atoms with Crippen LogP contribution in [0, 0.1) is 11.6 Å². The third-order valence-corrected chi connectivity index (χ3v) is 1.47. The molecule has 1 aromatic rings. The fourth-order valence-corrected chi connectivity index (χ4v) is 0.832. The molecule has 0 unspecified atom stereocenters. The van der Waals surface area contributed by atoms with Crippen LogP contribution in [0.3, 0.4) is 0 Å². The summed E-state index contributed by atoms with van der Waals surface area (Å²) in [7, 11) is 0. The molecule has 2 nitrogen and oxygen atoms in total. The quantitative estimate of drug-likeness (QED) is 0.516. The number of Topliss-reactive ketones (excluding diaryl/α,β-unsaturated/α-hetero) is 1. The summed E-state index contributed by atoms with van der Waals surface area (Å²) in [6.07, 6.45) is 0. The summed E-state index contributed by atoms with van der Waals surface area (Å²) in [5.41, 5.74) is 4.49. The van der Waals surface area contributed by atoms with Gasteiger partial charge in [-0.15, -0.1) is 0 Å². The van der Waals surface area contributed by atoms with Crippen molar-refractivity contribution in [2.75, 3.05) is 5.73 Å². The molecule has 0 aromatic heterocycles. The Kier molecular flexibility index (Phi) is 2.08. The molecule has 4 heteroatoms. The highest BCUT2D eigenvalue weighted by Gasteiger charge is 2.10. The molecule has 0 spiro atoms. The standard InChI is InChI=1S/C8H7F2NO/c1-4(12)5-2-7(10)8(11)3-6(5)9/h2-3H,11H2,1H3. The second kappa shape index (κ2) is 2.89. The summed E-state index contributed by atoms with van der Waals surface area (Å²) < 4.78 is 25.5. The molecular formula is C8H7F2NO. The number of nitrogen functional groups attached to an aromatic ring is 1. The molecule has 2 N–H and O–H groups in total. The van der Waals surface area contributed by atoms with Gasteiger partial charge in [0, 0.05) is 6.07 Å². The lowest BCUT2D eigenvalue weighted by atomic mass is 10.1. The summed E-state index contributed by atoms with van der Waals surface area (Å²) in [5.74, 6) is -2.09. The minimum absolute atomic E-state index is 0.276. The van der Waals surface area contributed by atoms with E-state index in [9.17, 15) is 13.6 Å². The zero-order valence-corrected chi connectivity index (χ0v) is 6.40. The zero-order valence-electron chi connectivity index (χ0n) is 6.40. The van der Waals surface area contributed by atoms with Crippen molar-refractivity contribution < 1.29 is 13.6 Å². The van der Waals surface area contributed by atoms with Gasteiger partial charge in [0.25, 0.3) is 0 Å². The minimum atomic E-state index is -0.790. The van der Waals surface area contributed by atoms with Crippen LogP contribution < -0.4 is 5.73 Å². The van der Waals surface area contributed by atoms with Crippen LogP contribution in [0.5, 0.6) is 0 Å². The summed E-state index contributed by atoms with van der Waals surface area (Å²) in [6.45, 7) is 1.16. The van der Waals surface area contributed by atoms with Crippen molar-refractivity contribution in [3.63, 3.8) is 0 Å². The molecule has 0 aliphatic heterocycles. The maximum atomic E-state index is 12.8. The summed E-state index contributed by atoms with van der Waals surface area (Å²) in [4.78, 5) is 10.7. The lowest BCUT2D eigenvalue weighted by Gasteiger charge is -2.00. The Morgan fingerprint density at radius 2 is 1.92 bits per heavy atom. The van der Waals surface area contributed by atoms with Gasteiger partial charge in [-0.3, -0.25) is 4.79 Å². The Hall–Kier alpha value is -1.45. The smallest absolute Gasteiger partial charge is 0.162 e. The summed E-state index contributed by atoms with van der Waals surface area (Å²) in [6, 6.07) is 1.60. The van der Waals surface area contributed by atoms with Gasteiger partial charge in [0.05, 0.1) is 11.3 Å². The van der Waals surface area contributed by atoms with Gasteiger partial charge in [-0.2, -0.15) is 0 Å². The number of hydrogen-bond donors (Lipinski definition) is 1. The van der Waals surface area contributed by atoms with Crippen molar-refractivity contribution in [2.45, 2.75) is 6.92 Å². The van der Waals surface area contributed by atoms with E-state index in [2.05, 4.69) is 0 Å². The number of carbonyl (C=O) groups excluding carboxylic acids is 1. The Bertz CT molecular complexity index is 336. The van der Waals surface area contributed by atoms with Crippen LogP contribution in [-0.4, -0.2) is 5.78 Å². The zero-order chi connectivity index (χ0) is 9.30. The minimum Gasteiger partial charge on any atom is -0.396 e. The second-order valence-corrected chi connectivity index (χ2v) is 2.41. The first-order chi connectivity index (χ1) is 5.52. The first-order valence-corrected chi connectivity index (χ1v) is 3.28. The number of benzene rings is 1. The molecule has 0 atom stereocenters. The molecule has 0 fully saturated rings. The van der Waals surface area contributed by atoms with E-state index in [-0.39, 0.29) is 11.3 Å². The van der Waals surface area contributed by atoms with E-state index in [0.29, 0.717) is 0 Å². The van der Waals surface area contributed by atoms with Crippen LogP contribution in [0.15, 0.2) is 12.1 Å². The lowest BCUT2D eigenvalue weighted by molar-refractivity contribution is 0.101. The van der Waals surface area contributed by atoms with Gasteiger partial charge >= 0.3 is 0 Å². The van der Waals surface area contributed by atoms with E-state index in [1.165, 1.54) is 0 Å². The molecule has 1 rings (SSSR count). The molecule has 0 saturated heterocycles. The highest BCUT2D eigenvalue weighted by Crippen LogP contribution is 2.16. The monoisotopic (exact) mass is 171 g/mol. The fraction of sp³-hybridized carbons (Fsp3) is 0.125. The molecule has 0 radical (unpaired) electrons. The maximum Gasteiger partial charge on any atom is 0.162 e. The van der Waals surface area contributed by atoms with Crippen LogP contribution in [0.25, 0.3) is 0 Å². The maximum absolute atomic E-state index is 12.8. The number of nitrogens with two attached hydrogens (primary N) is 1. The van der Waals surface area contributed by atoms with Crippen LogP contribution >= 0.6 is 0 Å². The van der Waals surface area contributed by atoms with Gasteiger partial charge < -0.3 is 5.73 Å². The third kappa shape index (κ3) is 1.42. The van der Waals surface area contributed by atoms with E-state index < -0.39 is 17.4 Å². The lowest BCUT2D eigenvalue weighted by Crippen LogP contribution is -2.01. The van der Waals surface area contributed by atoms with Gasteiger partial charge in [0.2, 0.25) is 0 Å². The molecule has 0 aliphatic rings. The van der Waals surface area contributed by atoms with Crippen LogP contribution in [0.2, 0.25) is 0 Å².